The largest absolute Gasteiger partial charge is 0.385 e. The van der Waals surface area contributed by atoms with E-state index < -0.39 is 0 Å². The molecule has 0 saturated carbocycles. The second-order valence-corrected chi connectivity index (χ2v) is 5.42. The van der Waals surface area contributed by atoms with Gasteiger partial charge in [0.15, 0.2) is 0 Å². The third-order valence-corrected chi connectivity index (χ3v) is 4.25. The molecular weight excluding hydrogens is 249 g/mol. The lowest BCUT2D eigenvalue weighted by atomic mass is 10.1. The van der Waals surface area contributed by atoms with E-state index in [1.54, 1.807) is 24.5 Å². The van der Waals surface area contributed by atoms with Gasteiger partial charge in [0.1, 0.15) is 5.82 Å². The average Bonchev–Trinajstić information content (AvgIpc) is 2.77. The summed E-state index contributed by atoms with van der Waals surface area (Å²) in [5.74, 6) is -0.170. The molecule has 0 amide bonds. The fourth-order valence-electron chi connectivity index (χ4n) is 2.06. The zero-order valence-corrected chi connectivity index (χ0v) is 11.5. The topological polar surface area (TPSA) is 21.3 Å². The van der Waals surface area contributed by atoms with Crippen molar-refractivity contribution >= 4 is 21.4 Å². The van der Waals surface area contributed by atoms with Crippen molar-refractivity contribution in [3.05, 3.63) is 35.0 Å². The first kappa shape index (κ1) is 13.5. The monoisotopic (exact) mass is 267 g/mol. The summed E-state index contributed by atoms with van der Waals surface area (Å²) in [6.07, 6.45) is 2.05. The lowest BCUT2D eigenvalue weighted by Gasteiger charge is -2.13. The first-order valence-electron chi connectivity index (χ1n) is 6.10. The number of benzene rings is 1. The van der Waals surface area contributed by atoms with Gasteiger partial charge in [-0.2, -0.15) is 0 Å². The molecule has 1 aromatic heterocycles. The van der Waals surface area contributed by atoms with E-state index in [1.807, 2.05) is 13.1 Å². The maximum Gasteiger partial charge on any atom is 0.124 e. The molecule has 0 fully saturated rings. The van der Waals surface area contributed by atoms with Gasteiger partial charge in [0.25, 0.3) is 0 Å². The van der Waals surface area contributed by atoms with E-state index in [1.165, 1.54) is 10.9 Å². The highest BCUT2D eigenvalue weighted by Gasteiger charge is 2.12. The van der Waals surface area contributed by atoms with E-state index in [2.05, 4.69) is 11.4 Å². The normalized spacial score (nSPS) is 13.1. The zero-order chi connectivity index (χ0) is 13.0. The molecule has 1 unspecified atom stereocenters. The summed E-state index contributed by atoms with van der Waals surface area (Å²) in [6.45, 7) is 0.775. The minimum Gasteiger partial charge on any atom is -0.385 e. The van der Waals surface area contributed by atoms with E-state index in [0.29, 0.717) is 6.04 Å². The van der Waals surface area contributed by atoms with Crippen LogP contribution < -0.4 is 5.32 Å². The number of nitrogens with one attached hydrogen (secondary N) is 1. The molecule has 0 radical (unpaired) electrons. The smallest absolute Gasteiger partial charge is 0.124 e. The number of hydrogen-bond donors (Lipinski definition) is 1. The lowest BCUT2D eigenvalue weighted by molar-refractivity contribution is 0.189. The molecule has 1 N–H and O–H groups in total. The van der Waals surface area contributed by atoms with Crippen molar-refractivity contribution in [3.63, 3.8) is 0 Å². The molecule has 1 aromatic carbocycles. The molecule has 4 heteroatoms. The number of ether oxygens (including phenoxy) is 1. The summed E-state index contributed by atoms with van der Waals surface area (Å²) in [5.41, 5.74) is 0. The minimum absolute atomic E-state index is 0.170. The van der Waals surface area contributed by atoms with Crippen molar-refractivity contribution < 1.29 is 9.13 Å². The Kier molecular flexibility index (Phi) is 4.69. The van der Waals surface area contributed by atoms with Gasteiger partial charge in [-0.15, -0.1) is 11.3 Å². The van der Waals surface area contributed by atoms with E-state index in [9.17, 15) is 4.39 Å². The van der Waals surface area contributed by atoms with Crippen LogP contribution in [-0.4, -0.2) is 20.8 Å². The van der Waals surface area contributed by atoms with Gasteiger partial charge in [-0.1, -0.05) is 6.07 Å². The van der Waals surface area contributed by atoms with Gasteiger partial charge in [0.2, 0.25) is 0 Å². The Labute approximate surface area is 111 Å². The van der Waals surface area contributed by atoms with E-state index in [4.69, 9.17) is 4.74 Å². The van der Waals surface area contributed by atoms with Crippen LogP contribution in [0.4, 0.5) is 4.39 Å². The van der Waals surface area contributed by atoms with Crippen LogP contribution in [0.1, 0.15) is 23.8 Å². The first-order valence-corrected chi connectivity index (χ1v) is 6.91. The van der Waals surface area contributed by atoms with Gasteiger partial charge in [0.05, 0.1) is 0 Å². The van der Waals surface area contributed by atoms with E-state index in [0.717, 1.165) is 29.5 Å². The Morgan fingerprint density at radius 3 is 2.94 bits per heavy atom. The van der Waals surface area contributed by atoms with Gasteiger partial charge in [-0.3, -0.25) is 0 Å². The Hall–Kier alpha value is -0.970. The quantitative estimate of drug-likeness (QED) is 0.805. The number of halogens is 1. The van der Waals surface area contributed by atoms with Crippen LogP contribution >= 0.6 is 11.3 Å². The molecule has 0 spiro atoms. The predicted molar refractivity (Wildman–Crippen MR) is 74.7 cm³/mol. The molecule has 0 aliphatic rings. The molecule has 1 heterocycles. The van der Waals surface area contributed by atoms with Crippen LogP contribution in [-0.2, 0) is 4.74 Å². The second kappa shape index (κ2) is 6.27. The van der Waals surface area contributed by atoms with E-state index >= 15 is 0 Å². The van der Waals surface area contributed by atoms with Gasteiger partial charge < -0.3 is 10.1 Å². The molecule has 0 saturated heterocycles. The molecular formula is C14H18FNOS. The molecule has 2 aromatic rings. The highest BCUT2D eigenvalue weighted by atomic mass is 32.1. The Balaban J connectivity index is 2.17. The van der Waals surface area contributed by atoms with Crippen LogP contribution in [0, 0.1) is 5.82 Å². The number of hydrogen-bond acceptors (Lipinski definition) is 3. The molecule has 2 rings (SSSR count). The fourth-order valence-corrected chi connectivity index (χ4v) is 3.29. The molecule has 18 heavy (non-hydrogen) atoms. The Morgan fingerprint density at radius 1 is 1.39 bits per heavy atom. The minimum atomic E-state index is -0.170. The van der Waals surface area contributed by atoms with Crippen LogP contribution in [0.5, 0.6) is 0 Å². The standard InChI is InChI=1S/C14H18FNOS/c1-16-12(4-3-7-17-2)14-8-10-5-6-11(15)9-13(10)18-14/h5-6,8-9,12,16H,3-4,7H2,1-2H3. The summed E-state index contributed by atoms with van der Waals surface area (Å²) in [6, 6.07) is 7.42. The predicted octanol–water partition coefficient (Wildman–Crippen LogP) is 3.73. The molecule has 1 atom stereocenters. The second-order valence-electron chi connectivity index (χ2n) is 4.31. The maximum absolute atomic E-state index is 13.2. The van der Waals surface area contributed by atoms with Crippen molar-refractivity contribution in [1.82, 2.24) is 5.32 Å². The third-order valence-electron chi connectivity index (χ3n) is 3.03. The number of rotatable bonds is 6. The van der Waals surface area contributed by atoms with Crippen molar-refractivity contribution in [2.24, 2.45) is 0 Å². The Morgan fingerprint density at radius 2 is 2.22 bits per heavy atom. The lowest BCUT2D eigenvalue weighted by Crippen LogP contribution is -2.15. The molecule has 0 aliphatic heterocycles. The van der Waals surface area contributed by atoms with Crippen LogP contribution in [0.2, 0.25) is 0 Å². The summed E-state index contributed by atoms with van der Waals surface area (Å²) in [4.78, 5) is 1.26. The molecule has 98 valence electrons. The molecule has 2 nitrogen and oxygen atoms in total. The van der Waals surface area contributed by atoms with Crippen molar-refractivity contribution in [3.8, 4) is 0 Å². The summed E-state index contributed by atoms with van der Waals surface area (Å²) >= 11 is 1.66. The van der Waals surface area contributed by atoms with Crippen molar-refractivity contribution in [1.29, 1.82) is 0 Å². The highest BCUT2D eigenvalue weighted by molar-refractivity contribution is 7.19. The Bertz CT molecular complexity index is 511. The van der Waals surface area contributed by atoms with Crippen molar-refractivity contribution in [2.75, 3.05) is 20.8 Å². The molecule has 0 aliphatic carbocycles. The van der Waals surface area contributed by atoms with Gasteiger partial charge in [0, 0.05) is 29.3 Å². The van der Waals surface area contributed by atoms with Crippen LogP contribution in [0.3, 0.4) is 0 Å². The molecule has 0 bridgehead atoms. The first-order chi connectivity index (χ1) is 8.74. The summed E-state index contributed by atoms with van der Waals surface area (Å²) < 4.78 is 19.2. The third kappa shape index (κ3) is 3.07. The summed E-state index contributed by atoms with van der Waals surface area (Å²) in [7, 11) is 3.68. The van der Waals surface area contributed by atoms with Crippen molar-refractivity contribution in [2.45, 2.75) is 18.9 Å². The number of fused-ring (bicyclic) bond motifs is 1. The van der Waals surface area contributed by atoms with Crippen LogP contribution in [0.25, 0.3) is 10.1 Å². The maximum atomic E-state index is 13.2. The van der Waals surface area contributed by atoms with E-state index in [-0.39, 0.29) is 5.82 Å². The zero-order valence-electron chi connectivity index (χ0n) is 10.7. The highest BCUT2D eigenvalue weighted by Crippen LogP contribution is 2.32. The van der Waals surface area contributed by atoms with Gasteiger partial charge in [-0.25, -0.2) is 4.39 Å². The summed E-state index contributed by atoms with van der Waals surface area (Å²) in [5, 5.41) is 4.43. The van der Waals surface area contributed by atoms with Gasteiger partial charge >= 0.3 is 0 Å². The number of methoxy groups -OCH3 is 1. The number of thiophene rings is 1. The SMILES string of the molecule is CNC(CCCOC)c1cc2ccc(F)cc2s1. The fraction of sp³-hybridized carbons (Fsp3) is 0.429. The van der Waals surface area contributed by atoms with Crippen LogP contribution in [0.15, 0.2) is 24.3 Å². The average molecular weight is 267 g/mol. The van der Waals surface area contributed by atoms with Gasteiger partial charge in [-0.05, 0) is 43.5 Å².